The van der Waals surface area contributed by atoms with Gasteiger partial charge in [-0.3, -0.25) is 4.79 Å². The smallest absolute Gasteiger partial charge is 0.387 e. The lowest BCUT2D eigenvalue weighted by Crippen LogP contribution is -2.43. The van der Waals surface area contributed by atoms with Crippen molar-refractivity contribution >= 4 is 57.4 Å². The first-order valence-corrected chi connectivity index (χ1v) is 10.9. The number of hydrogen-bond acceptors (Lipinski definition) is 9. The zero-order valence-corrected chi connectivity index (χ0v) is 18.2. The van der Waals surface area contributed by atoms with Gasteiger partial charge in [-0.05, 0) is 23.6 Å². The van der Waals surface area contributed by atoms with Crippen LogP contribution in [-0.4, -0.2) is 49.0 Å². The van der Waals surface area contributed by atoms with Gasteiger partial charge in [0.25, 0.3) is 0 Å². The number of piperazine rings is 1. The predicted octanol–water partition coefficient (Wildman–Crippen LogP) is 4.50. The van der Waals surface area contributed by atoms with Gasteiger partial charge < -0.3 is 25.6 Å². The fourth-order valence-corrected chi connectivity index (χ4v) is 4.08. The molecule has 3 N–H and O–H groups in total. The molecule has 4 rings (SSSR count). The normalized spacial score (nSPS) is 13.8. The highest BCUT2D eigenvalue weighted by molar-refractivity contribution is 7.14. The van der Waals surface area contributed by atoms with E-state index in [1.165, 1.54) is 17.5 Å². The minimum absolute atomic E-state index is 0.0226. The molecule has 0 amide bonds. The second-order valence-electron chi connectivity index (χ2n) is 6.76. The van der Waals surface area contributed by atoms with E-state index in [2.05, 4.69) is 30.8 Å². The number of thiophene rings is 1. The third-order valence-corrected chi connectivity index (χ3v) is 5.83. The van der Waals surface area contributed by atoms with Crippen molar-refractivity contribution in [2.45, 2.75) is 6.61 Å². The van der Waals surface area contributed by atoms with E-state index in [1.807, 2.05) is 6.07 Å². The van der Waals surface area contributed by atoms with E-state index < -0.39 is 6.61 Å². The third kappa shape index (κ3) is 5.23. The Bertz CT molecular complexity index is 1090. The maximum absolute atomic E-state index is 13.1. The molecular formula is C20H19ClF2N6O2S. The monoisotopic (exact) mass is 480 g/mol. The van der Waals surface area contributed by atoms with Crippen molar-refractivity contribution in [1.82, 2.24) is 15.3 Å². The highest BCUT2D eigenvalue weighted by atomic mass is 35.5. The van der Waals surface area contributed by atoms with Gasteiger partial charge in [0, 0.05) is 43.5 Å². The molecule has 0 unspecified atom stereocenters. The van der Waals surface area contributed by atoms with Crippen LogP contribution in [0.4, 0.5) is 36.9 Å². The summed E-state index contributed by atoms with van der Waals surface area (Å²) in [6, 6.07) is 6.70. The van der Waals surface area contributed by atoms with Gasteiger partial charge >= 0.3 is 6.61 Å². The van der Waals surface area contributed by atoms with Crippen LogP contribution in [0.1, 0.15) is 10.4 Å². The number of hydrogen-bond donors (Lipinski definition) is 3. The average molecular weight is 481 g/mol. The van der Waals surface area contributed by atoms with Gasteiger partial charge in [-0.15, -0.1) is 11.3 Å². The van der Waals surface area contributed by atoms with Crippen molar-refractivity contribution < 1.29 is 18.3 Å². The number of benzene rings is 1. The molecule has 1 saturated heterocycles. The molecule has 0 atom stereocenters. The molecule has 8 nitrogen and oxygen atoms in total. The molecular weight excluding hydrogens is 462 g/mol. The molecule has 168 valence electrons. The lowest BCUT2D eigenvalue weighted by Gasteiger charge is -2.30. The Labute approximate surface area is 191 Å². The largest absolute Gasteiger partial charge is 0.433 e. The molecule has 0 bridgehead atoms. The van der Waals surface area contributed by atoms with Gasteiger partial charge in [0.05, 0.1) is 11.9 Å². The zero-order chi connectivity index (χ0) is 22.5. The molecule has 0 aliphatic carbocycles. The highest BCUT2D eigenvalue weighted by Crippen LogP contribution is 2.34. The summed E-state index contributed by atoms with van der Waals surface area (Å²) in [5.41, 5.74) is 1.53. The standard InChI is InChI=1S/C20H19ClF2N6O2S/c21-14-10-25-20(28-17(14)27-18-12(11-30)3-8-32-18)26-15-2-1-13(9-16(15)31-19(22)23)29-6-4-24-5-7-29/h1-3,8-11,19,24H,4-7H2,(H2,25,26,27,28). The van der Waals surface area contributed by atoms with Gasteiger partial charge in [0.1, 0.15) is 10.0 Å². The Morgan fingerprint density at radius 3 is 2.81 bits per heavy atom. The van der Waals surface area contributed by atoms with Gasteiger partial charge in [-0.2, -0.15) is 13.8 Å². The predicted molar refractivity (Wildman–Crippen MR) is 121 cm³/mol. The van der Waals surface area contributed by atoms with Crippen LogP contribution in [-0.2, 0) is 0 Å². The molecule has 3 aromatic rings. The van der Waals surface area contributed by atoms with Crippen LogP contribution < -0.4 is 25.6 Å². The highest BCUT2D eigenvalue weighted by Gasteiger charge is 2.17. The molecule has 0 spiro atoms. The van der Waals surface area contributed by atoms with E-state index in [-0.39, 0.29) is 28.2 Å². The summed E-state index contributed by atoms with van der Waals surface area (Å²) in [5.74, 6) is 0.365. The maximum Gasteiger partial charge on any atom is 0.387 e. The second-order valence-corrected chi connectivity index (χ2v) is 8.08. The first kappa shape index (κ1) is 22.2. The fraction of sp³-hybridized carbons (Fsp3) is 0.250. The number of nitrogens with zero attached hydrogens (tertiary/aromatic N) is 3. The van der Waals surface area contributed by atoms with Gasteiger partial charge in [0.15, 0.2) is 17.9 Å². The minimum atomic E-state index is -2.99. The Balaban J connectivity index is 1.59. The molecule has 1 aliphatic rings. The number of anilines is 5. The summed E-state index contributed by atoms with van der Waals surface area (Å²) >= 11 is 7.50. The number of alkyl halides is 2. The van der Waals surface area contributed by atoms with Crippen LogP contribution in [0.2, 0.25) is 5.02 Å². The first-order valence-electron chi connectivity index (χ1n) is 9.67. The molecule has 2 aromatic heterocycles. The van der Waals surface area contributed by atoms with E-state index in [1.54, 1.807) is 23.6 Å². The molecule has 0 radical (unpaired) electrons. The van der Waals surface area contributed by atoms with Crippen molar-refractivity contribution in [1.29, 1.82) is 0 Å². The number of aldehydes is 1. The first-order chi connectivity index (χ1) is 15.5. The van der Waals surface area contributed by atoms with Crippen LogP contribution in [0.15, 0.2) is 35.8 Å². The van der Waals surface area contributed by atoms with Gasteiger partial charge in [-0.25, -0.2) is 4.98 Å². The van der Waals surface area contributed by atoms with Crippen LogP contribution >= 0.6 is 22.9 Å². The van der Waals surface area contributed by atoms with Gasteiger partial charge in [-0.1, -0.05) is 11.6 Å². The molecule has 3 heterocycles. The zero-order valence-electron chi connectivity index (χ0n) is 16.6. The van der Waals surface area contributed by atoms with Crippen LogP contribution in [0, 0.1) is 0 Å². The summed E-state index contributed by atoms with van der Waals surface area (Å²) in [6.07, 6.45) is 2.09. The lowest BCUT2D eigenvalue weighted by atomic mass is 10.2. The van der Waals surface area contributed by atoms with E-state index in [0.29, 0.717) is 10.6 Å². The Morgan fingerprint density at radius 2 is 2.06 bits per heavy atom. The van der Waals surface area contributed by atoms with E-state index >= 15 is 0 Å². The van der Waals surface area contributed by atoms with E-state index in [4.69, 9.17) is 16.3 Å². The van der Waals surface area contributed by atoms with E-state index in [9.17, 15) is 13.6 Å². The number of halogens is 3. The van der Waals surface area contributed by atoms with Crippen LogP contribution in [0.5, 0.6) is 5.75 Å². The minimum Gasteiger partial charge on any atom is -0.433 e. The summed E-state index contributed by atoms with van der Waals surface area (Å²) < 4.78 is 30.9. The van der Waals surface area contributed by atoms with Crippen LogP contribution in [0.25, 0.3) is 0 Å². The summed E-state index contributed by atoms with van der Waals surface area (Å²) in [6.45, 7) is 0.173. The van der Waals surface area contributed by atoms with Gasteiger partial charge in [0.2, 0.25) is 5.95 Å². The maximum atomic E-state index is 13.1. The fourth-order valence-electron chi connectivity index (χ4n) is 3.18. The van der Waals surface area contributed by atoms with Crippen molar-refractivity contribution in [2.75, 3.05) is 41.7 Å². The van der Waals surface area contributed by atoms with Crippen molar-refractivity contribution in [3.05, 3.63) is 46.4 Å². The molecule has 1 fully saturated rings. The molecule has 12 heteroatoms. The van der Waals surface area contributed by atoms with Crippen LogP contribution in [0.3, 0.4) is 0 Å². The number of rotatable bonds is 8. The topological polar surface area (TPSA) is 91.4 Å². The second kappa shape index (κ2) is 10.1. The summed E-state index contributed by atoms with van der Waals surface area (Å²) in [4.78, 5) is 21.7. The number of carbonyl (C=O) groups is 1. The summed E-state index contributed by atoms with van der Waals surface area (Å²) in [5, 5.41) is 11.7. The Hall–Kier alpha value is -3.02. The number of ether oxygens (including phenoxy) is 1. The quantitative estimate of drug-likeness (QED) is 0.406. The SMILES string of the molecule is O=Cc1ccsc1Nc1nc(Nc2ccc(N3CCNCC3)cc2OC(F)F)ncc1Cl. The average Bonchev–Trinajstić information content (AvgIpc) is 3.24. The Morgan fingerprint density at radius 1 is 1.25 bits per heavy atom. The molecule has 1 aliphatic heterocycles. The Kier molecular flexibility index (Phi) is 6.98. The van der Waals surface area contributed by atoms with Crippen molar-refractivity contribution in [3.8, 4) is 5.75 Å². The molecule has 0 saturated carbocycles. The molecule has 1 aromatic carbocycles. The number of nitrogens with one attached hydrogen (secondary N) is 3. The molecule has 32 heavy (non-hydrogen) atoms. The third-order valence-electron chi connectivity index (χ3n) is 4.71. The lowest BCUT2D eigenvalue weighted by molar-refractivity contribution is -0.0493. The number of carbonyl (C=O) groups excluding carboxylic acids is 1. The number of aromatic nitrogens is 2. The van der Waals surface area contributed by atoms with E-state index in [0.717, 1.165) is 38.2 Å². The van der Waals surface area contributed by atoms with Crippen molar-refractivity contribution in [3.63, 3.8) is 0 Å². The van der Waals surface area contributed by atoms with Crippen molar-refractivity contribution in [2.24, 2.45) is 0 Å². The summed E-state index contributed by atoms with van der Waals surface area (Å²) in [7, 11) is 0.